The summed E-state index contributed by atoms with van der Waals surface area (Å²) in [6, 6.07) is 2.77. The molecule has 120 valence electrons. The number of nitrogens with one attached hydrogen (secondary N) is 1. The third-order valence-corrected chi connectivity index (χ3v) is 6.05. The average Bonchev–Trinajstić information content (AvgIpc) is 3.15. The van der Waals surface area contributed by atoms with E-state index in [9.17, 15) is 4.79 Å². The van der Waals surface area contributed by atoms with Crippen molar-refractivity contribution in [2.45, 2.75) is 44.1 Å². The zero-order valence-corrected chi connectivity index (χ0v) is 12.9. The fraction of sp³-hybridized carbons (Fsp3) is 0.750. The highest BCUT2D eigenvalue weighted by Gasteiger charge is 2.51. The summed E-state index contributed by atoms with van der Waals surface area (Å²) in [6.45, 7) is 3.80. The maximum absolute atomic E-state index is 11.1. The molecule has 0 aromatic carbocycles. The maximum Gasteiger partial charge on any atom is 0.407 e. The van der Waals surface area contributed by atoms with Crippen LogP contribution in [0.15, 0.2) is 12.3 Å². The minimum Gasteiger partial charge on any atom is -0.465 e. The van der Waals surface area contributed by atoms with Gasteiger partial charge in [-0.25, -0.2) is 4.79 Å². The van der Waals surface area contributed by atoms with Crippen LogP contribution in [0.2, 0.25) is 0 Å². The lowest BCUT2D eigenvalue weighted by molar-refractivity contribution is -0.00402. The van der Waals surface area contributed by atoms with Crippen LogP contribution in [0.5, 0.6) is 0 Å². The van der Waals surface area contributed by atoms with Crippen LogP contribution in [-0.4, -0.2) is 63.4 Å². The van der Waals surface area contributed by atoms with Crippen LogP contribution in [0, 0.1) is 5.41 Å². The molecule has 1 aromatic heterocycles. The molecule has 2 N–H and O–H groups in total. The summed E-state index contributed by atoms with van der Waals surface area (Å²) < 4.78 is 0. The van der Waals surface area contributed by atoms with E-state index in [-0.39, 0.29) is 0 Å². The quantitative estimate of drug-likeness (QED) is 0.878. The van der Waals surface area contributed by atoms with E-state index in [0.717, 1.165) is 32.6 Å². The van der Waals surface area contributed by atoms with E-state index in [1.165, 1.54) is 31.4 Å². The highest BCUT2D eigenvalue weighted by atomic mass is 16.4. The molecule has 2 aliphatic heterocycles. The summed E-state index contributed by atoms with van der Waals surface area (Å²) in [6.07, 6.45) is 6.92. The van der Waals surface area contributed by atoms with Gasteiger partial charge in [0.1, 0.15) is 0 Å². The molecule has 3 aliphatic rings. The number of aromatic amines is 1. The summed E-state index contributed by atoms with van der Waals surface area (Å²) in [5.41, 5.74) is 1.57. The average molecular weight is 304 g/mol. The lowest BCUT2D eigenvalue weighted by Crippen LogP contribution is -2.54. The van der Waals surface area contributed by atoms with Gasteiger partial charge in [-0.05, 0) is 56.7 Å². The summed E-state index contributed by atoms with van der Waals surface area (Å²) in [5.74, 6) is 0.627. The van der Waals surface area contributed by atoms with Gasteiger partial charge < -0.3 is 14.9 Å². The zero-order valence-electron chi connectivity index (χ0n) is 12.9. The number of hydrogen-bond acceptors (Lipinski definition) is 3. The number of H-pyrrole nitrogens is 1. The molecule has 22 heavy (non-hydrogen) atoms. The lowest BCUT2D eigenvalue weighted by Gasteiger charge is -2.51. The topological polar surface area (TPSA) is 72.5 Å². The number of rotatable bonds is 2. The van der Waals surface area contributed by atoms with E-state index >= 15 is 0 Å². The van der Waals surface area contributed by atoms with Crippen LogP contribution < -0.4 is 0 Å². The smallest absolute Gasteiger partial charge is 0.407 e. The molecule has 1 spiro atoms. The Bertz CT molecular complexity index is 530. The van der Waals surface area contributed by atoms with Gasteiger partial charge in [0.2, 0.25) is 0 Å². The third-order valence-electron chi connectivity index (χ3n) is 6.05. The van der Waals surface area contributed by atoms with Crippen LogP contribution in [0.25, 0.3) is 0 Å². The number of likely N-dealkylation sites (tertiary alicyclic amines) is 2. The summed E-state index contributed by atoms with van der Waals surface area (Å²) >= 11 is 0. The van der Waals surface area contributed by atoms with Crippen molar-refractivity contribution in [2.24, 2.45) is 5.41 Å². The first-order valence-corrected chi connectivity index (χ1v) is 8.36. The Kier molecular flexibility index (Phi) is 3.36. The molecule has 0 atom stereocenters. The molecule has 1 aromatic rings. The van der Waals surface area contributed by atoms with Crippen molar-refractivity contribution in [1.82, 2.24) is 20.0 Å². The zero-order chi connectivity index (χ0) is 15.2. The molecule has 2 saturated heterocycles. The number of carbonyl (C=O) groups is 1. The molecule has 1 saturated carbocycles. The van der Waals surface area contributed by atoms with E-state index < -0.39 is 6.09 Å². The van der Waals surface area contributed by atoms with Gasteiger partial charge in [-0.1, -0.05) is 0 Å². The number of hydrogen-bond donors (Lipinski definition) is 2. The normalized spacial score (nSPS) is 33.3. The fourth-order valence-electron chi connectivity index (χ4n) is 4.70. The number of nitrogens with zero attached hydrogens (tertiary/aromatic N) is 3. The van der Waals surface area contributed by atoms with Gasteiger partial charge in [0.05, 0.1) is 0 Å². The molecular formula is C16H24N4O2. The Hall–Kier alpha value is -1.56. The summed E-state index contributed by atoms with van der Waals surface area (Å²) in [7, 11) is 0. The maximum atomic E-state index is 11.1. The largest absolute Gasteiger partial charge is 0.465 e. The standard InChI is InChI=1S/C16H24N4O2/c21-15(22)20-8-4-16(11-20)9-13(10-16)19-6-2-12(3-7-19)14-1-5-17-18-14/h1,5,12-13H,2-4,6-11H2,(H,17,18)(H,21,22). The molecule has 3 fully saturated rings. The van der Waals surface area contributed by atoms with Crippen molar-refractivity contribution in [3.05, 3.63) is 18.0 Å². The Morgan fingerprint density at radius 2 is 2.09 bits per heavy atom. The first-order chi connectivity index (χ1) is 10.7. The Labute approximate surface area is 130 Å². The van der Waals surface area contributed by atoms with E-state index in [1.54, 1.807) is 4.90 Å². The van der Waals surface area contributed by atoms with Crippen LogP contribution >= 0.6 is 0 Å². The van der Waals surface area contributed by atoms with Crippen molar-refractivity contribution in [2.75, 3.05) is 26.2 Å². The second kappa shape index (κ2) is 5.26. The molecule has 6 nitrogen and oxygen atoms in total. The second-order valence-corrected chi connectivity index (χ2v) is 7.34. The van der Waals surface area contributed by atoms with Gasteiger partial charge in [0.15, 0.2) is 0 Å². The predicted octanol–water partition coefficient (Wildman–Crippen LogP) is 2.12. The SMILES string of the molecule is O=C(O)N1CCC2(CC(N3CCC(c4ccn[nH]4)CC3)C2)C1. The summed E-state index contributed by atoms with van der Waals surface area (Å²) in [5, 5.41) is 16.3. The van der Waals surface area contributed by atoms with Gasteiger partial charge in [0.25, 0.3) is 0 Å². The Balaban J connectivity index is 1.27. The summed E-state index contributed by atoms with van der Waals surface area (Å²) in [4.78, 5) is 15.3. The third kappa shape index (κ3) is 2.39. The number of amides is 1. The first kappa shape index (κ1) is 14.1. The molecule has 0 bridgehead atoms. The van der Waals surface area contributed by atoms with Crippen molar-refractivity contribution < 1.29 is 9.90 Å². The van der Waals surface area contributed by atoms with Crippen LogP contribution in [0.4, 0.5) is 4.79 Å². The molecule has 1 amide bonds. The fourth-order valence-corrected chi connectivity index (χ4v) is 4.70. The van der Waals surface area contributed by atoms with Gasteiger partial charge in [0, 0.05) is 36.9 Å². The van der Waals surface area contributed by atoms with Crippen LogP contribution in [-0.2, 0) is 0 Å². The minimum absolute atomic E-state index is 0.295. The molecule has 0 radical (unpaired) electrons. The second-order valence-electron chi connectivity index (χ2n) is 7.34. The molecule has 3 heterocycles. The van der Waals surface area contributed by atoms with Crippen molar-refractivity contribution >= 4 is 6.09 Å². The number of aromatic nitrogens is 2. The van der Waals surface area contributed by atoms with Gasteiger partial charge >= 0.3 is 6.09 Å². The minimum atomic E-state index is -0.749. The molecule has 1 aliphatic carbocycles. The highest BCUT2D eigenvalue weighted by Crippen LogP contribution is 2.50. The molecule has 4 rings (SSSR count). The highest BCUT2D eigenvalue weighted by molar-refractivity contribution is 5.65. The van der Waals surface area contributed by atoms with Crippen molar-refractivity contribution in [3.63, 3.8) is 0 Å². The lowest BCUT2D eigenvalue weighted by atomic mass is 9.64. The number of piperidine rings is 1. The van der Waals surface area contributed by atoms with Crippen LogP contribution in [0.1, 0.15) is 43.7 Å². The molecule has 0 unspecified atom stereocenters. The molecule has 6 heteroatoms. The van der Waals surface area contributed by atoms with Gasteiger partial charge in [-0.2, -0.15) is 5.10 Å². The molecular weight excluding hydrogens is 280 g/mol. The van der Waals surface area contributed by atoms with E-state index in [2.05, 4.69) is 21.2 Å². The van der Waals surface area contributed by atoms with Crippen molar-refractivity contribution in [3.8, 4) is 0 Å². The monoisotopic (exact) mass is 304 g/mol. The van der Waals surface area contributed by atoms with Crippen molar-refractivity contribution in [1.29, 1.82) is 0 Å². The number of carboxylic acid groups (broad SMARTS) is 1. The predicted molar refractivity (Wildman–Crippen MR) is 81.8 cm³/mol. The van der Waals surface area contributed by atoms with E-state index in [4.69, 9.17) is 5.11 Å². The van der Waals surface area contributed by atoms with Gasteiger partial charge in [-0.3, -0.25) is 5.10 Å². The van der Waals surface area contributed by atoms with Gasteiger partial charge in [-0.15, -0.1) is 0 Å². The Morgan fingerprint density at radius 3 is 2.68 bits per heavy atom. The van der Waals surface area contributed by atoms with E-state index in [1.807, 2.05) is 6.20 Å². The first-order valence-electron chi connectivity index (χ1n) is 8.36. The Morgan fingerprint density at radius 1 is 1.32 bits per heavy atom. The van der Waals surface area contributed by atoms with Crippen LogP contribution in [0.3, 0.4) is 0 Å². The van der Waals surface area contributed by atoms with E-state index in [0.29, 0.717) is 17.4 Å².